The second-order valence-electron chi connectivity index (χ2n) is 4.77. The zero-order valence-electron chi connectivity index (χ0n) is 10.9. The first-order valence-electron chi connectivity index (χ1n) is 6.61. The van der Waals surface area contributed by atoms with Gasteiger partial charge in [0.1, 0.15) is 0 Å². The molecule has 1 saturated heterocycles. The Labute approximate surface area is 118 Å². The van der Waals surface area contributed by atoms with E-state index in [0.29, 0.717) is 10.7 Å². The molecule has 2 rings (SSSR count). The molecule has 4 nitrogen and oxygen atoms in total. The summed E-state index contributed by atoms with van der Waals surface area (Å²) in [4.78, 5) is 13.9. The van der Waals surface area contributed by atoms with Gasteiger partial charge in [-0.25, -0.2) is 0 Å². The van der Waals surface area contributed by atoms with E-state index in [4.69, 9.17) is 16.7 Å². The van der Waals surface area contributed by atoms with Crippen LogP contribution in [0.15, 0.2) is 18.2 Å². The van der Waals surface area contributed by atoms with Crippen molar-refractivity contribution in [2.45, 2.75) is 25.9 Å². The van der Waals surface area contributed by atoms with Crippen LogP contribution < -0.4 is 5.32 Å². The molecular weight excluding hydrogens is 264 g/mol. The molecule has 0 aromatic heterocycles. The van der Waals surface area contributed by atoms with Crippen LogP contribution in [0.3, 0.4) is 0 Å². The molecule has 1 aliphatic heterocycles. The van der Waals surface area contributed by atoms with Gasteiger partial charge in [-0.05, 0) is 37.0 Å². The van der Waals surface area contributed by atoms with Crippen LogP contribution in [-0.2, 0) is 11.4 Å². The van der Waals surface area contributed by atoms with E-state index in [1.165, 1.54) is 6.42 Å². The first-order chi connectivity index (χ1) is 9.20. The number of nitrogens with zero attached hydrogens (tertiary/aromatic N) is 1. The van der Waals surface area contributed by atoms with Crippen LogP contribution in [0.2, 0.25) is 5.02 Å². The van der Waals surface area contributed by atoms with E-state index >= 15 is 0 Å². The summed E-state index contributed by atoms with van der Waals surface area (Å²) < 4.78 is 0. The van der Waals surface area contributed by atoms with E-state index in [1.807, 2.05) is 4.90 Å². The summed E-state index contributed by atoms with van der Waals surface area (Å²) in [5, 5.41) is 12.7. The van der Waals surface area contributed by atoms with Crippen molar-refractivity contribution >= 4 is 23.2 Å². The van der Waals surface area contributed by atoms with Gasteiger partial charge in [0.15, 0.2) is 0 Å². The highest BCUT2D eigenvalue weighted by molar-refractivity contribution is 6.33. The Morgan fingerprint density at radius 3 is 2.74 bits per heavy atom. The Hall–Kier alpha value is -1.26. The van der Waals surface area contributed by atoms with Crippen LogP contribution in [0.25, 0.3) is 0 Å². The van der Waals surface area contributed by atoms with Gasteiger partial charge in [0, 0.05) is 13.1 Å². The number of piperidine rings is 1. The zero-order valence-corrected chi connectivity index (χ0v) is 11.6. The van der Waals surface area contributed by atoms with Gasteiger partial charge in [-0.15, -0.1) is 0 Å². The third kappa shape index (κ3) is 3.85. The predicted octanol–water partition coefficient (Wildman–Crippen LogP) is 2.26. The molecule has 0 unspecified atom stereocenters. The minimum absolute atomic E-state index is 0.0358. The van der Waals surface area contributed by atoms with Gasteiger partial charge in [0.25, 0.3) is 0 Å². The van der Waals surface area contributed by atoms with Crippen molar-refractivity contribution in [3.05, 3.63) is 28.8 Å². The number of rotatable bonds is 4. The Kier molecular flexibility index (Phi) is 5.05. The van der Waals surface area contributed by atoms with Crippen LogP contribution in [0.4, 0.5) is 5.69 Å². The lowest BCUT2D eigenvalue weighted by molar-refractivity contribution is -0.130. The molecule has 19 heavy (non-hydrogen) atoms. The maximum absolute atomic E-state index is 12.0. The summed E-state index contributed by atoms with van der Waals surface area (Å²) in [7, 11) is 0. The molecule has 1 aliphatic rings. The standard InChI is InChI=1S/C14H19ClN2O2/c15-12-5-4-11(10-18)8-13(12)16-9-14(19)17-6-2-1-3-7-17/h4-5,8,16,18H,1-3,6-7,9-10H2. The largest absolute Gasteiger partial charge is 0.392 e. The van der Waals surface area contributed by atoms with Gasteiger partial charge in [-0.3, -0.25) is 4.79 Å². The van der Waals surface area contributed by atoms with Gasteiger partial charge in [-0.2, -0.15) is 0 Å². The number of carbonyl (C=O) groups excluding carboxylic acids is 1. The smallest absolute Gasteiger partial charge is 0.241 e. The Morgan fingerprint density at radius 1 is 1.32 bits per heavy atom. The van der Waals surface area contributed by atoms with Crippen LogP contribution in [-0.4, -0.2) is 35.5 Å². The van der Waals surface area contributed by atoms with Crippen LogP contribution >= 0.6 is 11.6 Å². The highest BCUT2D eigenvalue weighted by Gasteiger charge is 2.16. The molecule has 104 valence electrons. The number of hydrogen-bond donors (Lipinski definition) is 2. The third-order valence-electron chi connectivity index (χ3n) is 3.35. The first kappa shape index (κ1) is 14.2. The van der Waals surface area contributed by atoms with Gasteiger partial charge >= 0.3 is 0 Å². The zero-order chi connectivity index (χ0) is 13.7. The lowest BCUT2D eigenvalue weighted by Crippen LogP contribution is -2.39. The molecule has 0 bridgehead atoms. The number of aliphatic hydroxyl groups excluding tert-OH is 1. The van der Waals surface area contributed by atoms with E-state index in [9.17, 15) is 4.79 Å². The summed E-state index contributed by atoms with van der Waals surface area (Å²) in [5.41, 5.74) is 1.47. The van der Waals surface area contributed by atoms with Crippen LogP contribution in [0, 0.1) is 0 Å². The molecule has 1 heterocycles. The number of hydrogen-bond acceptors (Lipinski definition) is 3. The molecule has 0 spiro atoms. The number of aliphatic hydroxyl groups is 1. The summed E-state index contributed by atoms with van der Waals surface area (Å²) in [6.45, 7) is 1.91. The van der Waals surface area contributed by atoms with E-state index in [1.54, 1.807) is 18.2 Å². The van der Waals surface area contributed by atoms with Crippen molar-refractivity contribution in [1.29, 1.82) is 0 Å². The van der Waals surface area contributed by atoms with E-state index < -0.39 is 0 Å². The number of amides is 1. The highest BCUT2D eigenvalue weighted by Crippen LogP contribution is 2.23. The average molecular weight is 283 g/mol. The Morgan fingerprint density at radius 2 is 2.05 bits per heavy atom. The highest BCUT2D eigenvalue weighted by atomic mass is 35.5. The minimum atomic E-state index is -0.0358. The number of benzene rings is 1. The van der Waals surface area contributed by atoms with Gasteiger partial charge in [0.2, 0.25) is 5.91 Å². The number of likely N-dealkylation sites (tertiary alicyclic amines) is 1. The molecule has 2 N–H and O–H groups in total. The fourth-order valence-electron chi connectivity index (χ4n) is 2.23. The summed E-state index contributed by atoms with van der Waals surface area (Å²) in [6.07, 6.45) is 3.39. The van der Waals surface area contributed by atoms with Gasteiger partial charge < -0.3 is 15.3 Å². The summed E-state index contributed by atoms with van der Waals surface area (Å²) in [5.74, 6) is 0.102. The Bertz CT molecular complexity index is 445. The normalized spacial score (nSPS) is 15.4. The maximum atomic E-state index is 12.0. The molecule has 1 aromatic rings. The fraction of sp³-hybridized carbons (Fsp3) is 0.500. The summed E-state index contributed by atoms with van der Waals surface area (Å²) in [6, 6.07) is 5.26. The molecule has 1 amide bonds. The fourth-order valence-corrected chi connectivity index (χ4v) is 2.42. The summed E-state index contributed by atoms with van der Waals surface area (Å²) >= 11 is 6.05. The predicted molar refractivity (Wildman–Crippen MR) is 76.3 cm³/mol. The van der Waals surface area contributed by atoms with E-state index in [0.717, 1.165) is 31.5 Å². The molecule has 1 aromatic carbocycles. The van der Waals surface area contributed by atoms with Gasteiger partial charge in [-0.1, -0.05) is 17.7 Å². The molecule has 0 atom stereocenters. The molecule has 1 fully saturated rings. The third-order valence-corrected chi connectivity index (χ3v) is 3.68. The maximum Gasteiger partial charge on any atom is 0.241 e. The lowest BCUT2D eigenvalue weighted by atomic mass is 10.1. The first-order valence-corrected chi connectivity index (χ1v) is 6.99. The van der Waals surface area contributed by atoms with E-state index in [2.05, 4.69) is 5.32 Å². The number of nitrogens with one attached hydrogen (secondary N) is 1. The lowest BCUT2D eigenvalue weighted by Gasteiger charge is -2.27. The van der Waals surface area contributed by atoms with Crippen molar-refractivity contribution in [2.75, 3.05) is 25.0 Å². The van der Waals surface area contributed by atoms with Crippen LogP contribution in [0.5, 0.6) is 0 Å². The van der Waals surface area contributed by atoms with Gasteiger partial charge in [0.05, 0.1) is 23.9 Å². The van der Waals surface area contributed by atoms with Crippen molar-refractivity contribution in [1.82, 2.24) is 4.90 Å². The number of halogens is 1. The SMILES string of the molecule is O=C(CNc1cc(CO)ccc1Cl)N1CCCCC1. The second-order valence-corrected chi connectivity index (χ2v) is 5.17. The molecular formula is C14H19ClN2O2. The van der Waals surface area contributed by atoms with Crippen molar-refractivity contribution in [2.24, 2.45) is 0 Å². The second kappa shape index (κ2) is 6.78. The van der Waals surface area contributed by atoms with Crippen molar-refractivity contribution < 1.29 is 9.90 Å². The molecule has 0 radical (unpaired) electrons. The van der Waals surface area contributed by atoms with Crippen molar-refractivity contribution in [3.63, 3.8) is 0 Å². The molecule has 0 saturated carbocycles. The quantitative estimate of drug-likeness (QED) is 0.891. The molecule has 0 aliphatic carbocycles. The van der Waals surface area contributed by atoms with Crippen LogP contribution in [0.1, 0.15) is 24.8 Å². The average Bonchev–Trinajstić information content (AvgIpc) is 2.47. The topological polar surface area (TPSA) is 52.6 Å². The minimum Gasteiger partial charge on any atom is -0.392 e. The van der Waals surface area contributed by atoms with E-state index in [-0.39, 0.29) is 19.1 Å². The number of carbonyl (C=O) groups is 1. The van der Waals surface area contributed by atoms with Crippen molar-refractivity contribution in [3.8, 4) is 0 Å². The molecule has 5 heteroatoms. The number of anilines is 1. The Balaban J connectivity index is 1.92. The monoisotopic (exact) mass is 282 g/mol.